The van der Waals surface area contributed by atoms with Crippen LogP contribution in [0.15, 0.2) is 48.5 Å². The molecule has 40 heavy (non-hydrogen) atoms. The first-order chi connectivity index (χ1) is 18.9. The van der Waals surface area contributed by atoms with E-state index in [-0.39, 0.29) is 30.2 Å². The van der Waals surface area contributed by atoms with Crippen LogP contribution in [0.4, 0.5) is 4.79 Å². The van der Waals surface area contributed by atoms with E-state index in [2.05, 4.69) is 24.5 Å². The fraction of sp³-hybridized carbons (Fsp3) is 0.545. The van der Waals surface area contributed by atoms with Gasteiger partial charge in [-0.3, -0.25) is 9.59 Å². The van der Waals surface area contributed by atoms with Crippen molar-refractivity contribution in [3.8, 4) is 0 Å². The molecule has 3 rings (SSSR count). The maximum Gasteiger partial charge on any atom is 0.408 e. The SMILES string of the molecule is CCCCCNC(=O)C(c1ccc(C)c(C)c1)N(C(=O)C(Cc1ccccc1)NC(=O)OC(C)(C)C)C1CC1C. The van der Waals surface area contributed by atoms with Crippen molar-refractivity contribution in [2.45, 2.75) is 104 Å². The lowest BCUT2D eigenvalue weighted by Crippen LogP contribution is -2.54. The summed E-state index contributed by atoms with van der Waals surface area (Å²) in [6.07, 6.45) is 3.40. The molecule has 7 heteroatoms. The lowest BCUT2D eigenvalue weighted by Gasteiger charge is -2.35. The molecule has 0 heterocycles. The van der Waals surface area contributed by atoms with Crippen molar-refractivity contribution < 1.29 is 19.1 Å². The Hall–Kier alpha value is -3.35. The molecule has 218 valence electrons. The molecule has 1 saturated carbocycles. The van der Waals surface area contributed by atoms with E-state index >= 15 is 0 Å². The van der Waals surface area contributed by atoms with E-state index in [1.54, 1.807) is 25.7 Å². The van der Waals surface area contributed by atoms with E-state index in [4.69, 9.17) is 4.74 Å². The molecule has 2 N–H and O–H groups in total. The molecular weight excluding hydrogens is 502 g/mol. The van der Waals surface area contributed by atoms with Crippen LogP contribution in [-0.4, -0.2) is 47.0 Å². The number of nitrogens with zero attached hydrogens (tertiary/aromatic N) is 1. The largest absolute Gasteiger partial charge is 0.444 e. The van der Waals surface area contributed by atoms with Crippen LogP contribution < -0.4 is 10.6 Å². The second-order valence-corrected chi connectivity index (χ2v) is 12.2. The van der Waals surface area contributed by atoms with Crippen LogP contribution in [0.5, 0.6) is 0 Å². The van der Waals surface area contributed by atoms with E-state index in [9.17, 15) is 14.4 Å². The molecule has 0 spiro atoms. The Balaban J connectivity index is 2.01. The molecule has 1 aliphatic carbocycles. The van der Waals surface area contributed by atoms with Gasteiger partial charge in [0, 0.05) is 19.0 Å². The fourth-order valence-electron chi connectivity index (χ4n) is 4.91. The third-order valence-corrected chi connectivity index (χ3v) is 7.40. The number of unbranched alkanes of at least 4 members (excludes halogenated alkanes) is 2. The number of rotatable bonds is 12. The van der Waals surface area contributed by atoms with Crippen LogP contribution in [0, 0.1) is 19.8 Å². The summed E-state index contributed by atoms with van der Waals surface area (Å²) in [6, 6.07) is 13.8. The average Bonchev–Trinajstić information content (AvgIpc) is 3.61. The zero-order valence-electron chi connectivity index (χ0n) is 25.3. The molecule has 2 aromatic carbocycles. The zero-order chi connectivity index (χ0) is 29.4. The number of hydrogen-bond acceptors (Lipinski definition) is 4. The lowest BCUT2D eigenvalue weighted by atomic mass is 9.97. The number of amides is 3. The summed E-state index contributed by atoms with van der Waals surface area (Å²) < 4.78 is 5.53. The Kier molecular flexibility index (Phi) is 10.8. The minimum absolute atomic E-state index is 0.0980. The number of benzene rings is 2. The smallest absolute Gasteiger partial charge is 0.408 e. The van der Waals surface area contributed by atoms with E-state index in [1.807, 2.05) is 62.4 Å². The van der Waals surface area contributed by atoms with Gasteiger partial charge in [-0.05, 0) is 75.6 Å². The van der Waals surface area contributed by atoms with Crippen molar-refractivity contribution in [2.24, 2.45) is 5.92 Å². The highest BCUT2D eigenvalue weighted by Crippen LogP contribution is 2.41. The summed E-state index contributed by atoms with van der Waals surface area (Å²) in [4.78, 5) is 43.0. The second-order valence-electron chi connectivity index (χ2n) is 12.2. The third kappa shape index (κ3) is 8.83. The van der Waals surface area contributed by atoms with Crippen molar-refractivity contribution in [1.29, 1.82) is 0 Å². The molecular formula is C33H47N3O4. The Morgan fingerprint density at radius 3 is 2.27 bits per heavy atom. The molecule has 0 aromatic heterocycles. The molecule has 0 aliphatic heterocycles. The minimum Gasteiger partial charge on any atom is -0.444 e. The van der Waals surface area contributed by atoms with Crippen molar-refractivity contribution in [1.82, 2.24) is 15.5 Å². The fourth-order valence-corrected chi connectivity index (χ4v) is 4.91. The Bertz CT molecular complexity index is 1160. The predicted octanol–water partition coefficient (Wildman–Crippen LogP) is 6.02. The van der Waals surface area contributed by atoms with Crippen molar-refractivity contribution in [2.75, 3.05) is 6.54 Å². The number of nitrogens with one attached hydrogen (secondary N) is 2. The van der Waals surface area contributed by atoms with Gasteiger partial charge in [-0.25, -0.2) is 4.79 Å². The van der Waals surface area contributed by atoms with Crippen molar-refractivity contribution in [3.05, 3.63) is 70.8 Å². The van der Waals surface area contributed by atoms with Gasteiger partial charge < -0.3 is 20.3 Å². The number of carbonyl (C=O) groups excluding carboxylic acids is 3. The van der Waals surface area contributed by atoms with Crippen LogP contribution >= 0.6 is 0 Å². The predicted molar refractivity (Wildman–Crippen MR) is 159 cm³/mol. The van der Waals surface area contributed by atoms with Crippen molar-refractivity contribution in [3.63, 3.8) is 0 Å². The van der Waals surface area contributed by atoms with Crippen LogP contribution in [0.2, 0.25) is 0 Å². The Morgan fingerprint density at radius 2 is 1.70 bits per heavy atom. The molecule has 0 bridgehead atoms. The summed E-state index contributed by atoms with van der Waals surface area (Å²) in [5.41, 5.74) is 3.16. The van der Waals surface area contributed by atoms with Crippen LogP contribution in [-0.2, 0) is 20.7 Å². The number of hydrogen-bond donors (Lipinski definition) is 2. The monoisotopic (exact) mass is 549 g/mol. The Morgan fingerprint density at radius 1 is 1.02 bits per heavy atom. The quantitative estimate of drug-likeness (QED) is 0.317. The van der Waals surface area contributed by atoms with Gasteiger partial charge in [0.05, 0.1) is 0 Å². The number of carbonyl (C=O) groups is 3. The highest BCUT2D eigenvalue weighted by Gasteiger charge is 2.48. The first kappa shape index (κ1) is 31.2. The Labute approximate surface area is 240 Å². The van der Waals surface area contributed by atoms with Gasteiger partial charge in [0.1, 0.15) is 17.7 Å². The summed E-state index contributed by atoms with van der Waals surface area (Å²) in [5, 5.41) is 5.94. The van der Waals surface area contributed by atoms with E-state index < -0.39 is 23.8 Å². The normalized spacial score (nSPS) is 17.9. The van der Waals surface area contributed by atoms with E-state index in [0.717, 1.165) is 47.9 Å². The average molecular weight is 550 g/mol. The number of aryl methyl sites for hydroxylation is 2. The molecule has 1 aliphatic rings. The molecule has 0 radical (unpaired) electrons. The standard InChI is InChI=1S/C33H47N3O4/c1-8-9-13-18-34-30(37)29(26-17-16-22(2)23(3)19-26)36(28-20-24(28)4)31(38)27(21-25-14-11-10-12-15-25)35-32(39)40-33(5,6)7/h10-12,14-17,19,24,27-29H,8-9,13,18,20-21H2,1-7H3,(H,34,37)(H,35,39). The van der Waals surface area contributed by atoms with Gasteiger partial charge in [-0.1, -0.05) is 75.2 Å². The third-order valence-electron chi connectivity index (χ3n) is 7.40. The van der Waals surface area contributed by atoms with Gasteiger partial charge in [0.2, 0.25) is 11.8 Å². The van der Waals surface area contributed by atoms with Crippen LogP contribution in [0.25, 0.3) is 0 Å². The lowest BCUT2D eigenvalue weighted by molar-refractivity contribution is -0.143. The second kappa shape index (κ2) is 13.8. The van der Waals surface area contributed by atoms with Gasteiger partial charge in [-0.2, -0.15) is 0 Å². The minimum atomic E-state index is -0.896. The van der Waals surface area contributed by atoms with Crippen LogP contribution in [0.3, 0.4) is 0 Å². The zero-order valence-corrected chi connectivity index (χ0v) is 25.3. The first-order valence-corrected chi connectivity index (χ1v) is 14.6. The molecule has 4 unspecified atom stereocenters. The van der Waals surface area contributed by atoms with E-state index in [0.29, 0.717) is 6.54 Å². The number of ether oxygens (including phenoxy) is 1. The van der Waals surface area contributed by atoms with Gasteiger partial charge in [0.25, 0.3) is 0 Å². The van der Waals surface area contributed by atoms with Crippen LogP contribution in [0.1, 0.15) is 88.6 Å². The first-order valence-electron chi connectivity index (χ1n) is 14.6. The summed E-state index contributed by atoms with van der Waals surface area (Å²) >= 11 is 0. The summed E-state index contributed by atoms with van der Waals surface area (Å²) in [5.74, 6) is -0.219. The maximum absolute atomic E-state index is 14.5. The molecule has 7 nitrogen and oxygen atoms in total. The summed E-state index contributed by atoms with van der Waals surface area (Å²) in [7, 11) is 0. The highest BCUT2D eigenvalue weighted by molar-refractivity contribution is 5.93. The van der Waals surface area contributed by atoms with E-state index in [1.165, 1.54) is 0 Å². The maximum atomic E-state index is 14.5. The van der Waals surface area contributed by atoms with Crippen molar-refractivity contribution >= 4 is 17.9 Å². The topological polar surface area (TPSA) is 87.7 Å². The molecule has 4 atom stereocenters. The van der Waals surface area contributed by atoms with Gasteiger partial charge in [0.15, 0.2) is 0 Å². The molecule has 0 saturated heterocycles. The van der Waals surface area contributed by atoms with Gasteiger partial charge >= 0.3 is 6.09 Å². The number of alkyl carbamates (subject to hydrolysis) is 1. The molecule has 3 amide bonds. The summed E-state index contributed by atoms with van der Waals surface area (Å²) in [6.45, 7) is 14.2. The molecule has 1 fully saturated rings. The molecule has 2 aromatic rings. The van der Waals surface area contributed by atoms with Gasteiger partial charge in [-0.15, -0.1) is 0 Å². The highest BCUT2D eigenvalue weighted by atomic mass is 16.6.